The zero-order chi connectivity index (χ0) is 17.0. The Labute approximate surface area is 148 Å². The van der Waals surface area contributed by atoms with Crippen LogP contribution in [0.2, 0.25) is 15.1 Å². The van der Waals surface area contributed by atoms with Crippen LogP contribution in [0.5, 0.6) is 0 Å². The number of amides is 2. The number of anilines is 2. The summed E-state index contributed by atoms with van der Waals surface area (Å²) in [7, 11) is 0. The zero-order valence-electron chi connectivity index (χ0n) is 12.1. The normalized spacial score (nSPS) is 10.3. The van der Waals surface area contributed by atoms with Crippen LogP contribution >= 0.6 is 34.8 Å². The summed E-state index contributed by atoms with van der Waals surface area (Å²) in [5.41, 5.74) is 1.69. The first kappa shape index (κ1) is 17.6. The van der Waals surface area contributed by atoms with Crippen molar-refractivity contribution in [3.63, 3.8) is 0 Å². The van der Waals surface area contributed by atoms with Crippen molar-refractivity contribution < 1.29 is 9.59 Å². The van der Waals surface area contributed by atoms with E-state index in [-0.39, 0.29) is 12.1 Å². The van der Waals surface area contributed by atoms with Crippen LogP contribution in [0.25, 0.3) is 0 Å². The molecule has 0 fully saturated rings. The Bertz CT molecular complexity index is 743. The monoisotopic (exact) mass is 370 g/mol. The number of nitrogens with one attached hydrogen (secondary N) is 2. The van der Waals surface area contributed by atoms with Crippen molar-refractivity contribution >= 4 is 58.0 Å². The average molecular weight is 372 g/mol. The number of hydrogen-bond donors (Lipinski definition) is 2. The second-order valence-electron chi connectivity index (χ2n) is 4.83. The number of halogens is 3. The number of aryl methyl sites for hydroxylation is 1. The smallest absolute Gasteiger partial charge is 0.233 e. The summed E-state index contributed by atoms with van der Waals surface area (Å²) in [6.07, 6.45) is -0.358. The molecule has 2 rings (SSSR count). The van der Waals surface area contributed by atoms with Gasteiger partial charge in [0.25, 0.3) is 0 Å². The topological polar surface area (TPSA) is 58.2 Å². The van der Waals surface area contributed by atoms with E-state index >= 15 is 0 Å². The quantitative estimate of drug-likeness (QED) is 0.749. The molecule has 2 N–H and O–H groups in total. The van der Waals surface area contributed by atoms with Crippen molar-refractivity contribution in [2.45, 2.75) is 13.3 Å². The van der Waals surface area contributed by atoms with Crippen molar-refractivity contribution in [1.29, 1.82) is 0 Å². The molecule has 4 nitrogen and oxygen atoms in total. The fourth-order valence-corrected chi connectivity index (χ4v) is 2.63. The van der Waals surface area contributed by atoms with Gasteiger partial charge in [0.1, 0.15) is 6.42 Å². The maximum absolute atomic E-state index is 11.9. The number of carbonyl (C=O) groups excluding carboxylic acids is 2. The fourth-order valence-electron chi connectivity index (χ4n) is 1.91. The van der Waals surface area contributed by atoms with Crippen LogP contribution in [0.3, 0.4) is 0 Å². The van der Waals surface area contributed by atoms with Gasteiger partial charge in [-0.25, -0.2) is 0 Å². The van der Waals surface area contributed by atoms with Crippen molar-refractivity contribution in [1.82, 2.24) is 0 Å². The third-order valence-corrected chi connectivity index (χ3v) is 3.88. The van der Waals surface area contributed by atoms with Crippen LogP contribution in [-0.4, -0.2) is 11.8 Å². The van der Waals surface area contributed by atoms with Crippen molar-refractivity contribution in [2.75, 3.05) is 10.6 Å². The molecule has 0 saturated carbocycles. The molecule has 0 bridgehead atoms. The number of carbonyl (C=O) groups is 2. The summed E-state index contributed by atoms with van der Waals surface area (Å²) in [5.74, 6) is -0.958. The first-order chi connectivity index (χ1) is 10.9. The highest BCUT2D eigenvalue weighted by atomic mass is 35.5. The maximum atomic E-state index is 11.9. The Balaban J connectivity index is 1.99. The fraction of sp³-hybridized carbons (Fsp3) is 0.125. The lowest BCUT2D eigenvalue weighted by Crippen LogP contribution is -2.22. The van der Waals surface area contributed by atoms with E-state index in [0.29, 0.717) is 20.8 Å². The van der Waals surface area contributed by atoms with Crippen LogP contribution in [0.1, 0.15) is 12.0 Å². The summed E-state index contributed by atoms with van der Waals surface area (Å²) in [6.45, 7) is 1.81. The first-order valence-corrected chi connectivity index (χ1v) is 7.80. The van der Waals surface area contributed by atoms with Crippen molar-refractivity contribution in [3.8, 4) is 0 Å². The number of hydrogen-bond acceptors (Lipinski definition) is 2. The van der Waals surface area contributed by atoms with E-state index in [9.17, 15) is 9.59 Å². The third-order valence-electron chi connectivity index (χ3n) is 3.01. The molecule has 0 heterocycles. The number of para-hydroxylation sites is 1. The van der Waals surface area contributed by atoms with Gasteiger partial charge in [-0.2, -0.15) is 0 Å². The Morgan fingerprint density at radius 1 is 0.957 bits per heavy atom. The molecule has 2 aromatic rings. The molecule has 0 atom stereocenters. The molecule has 0 aliphatic carbocycles. The van der Waals surface area contributed by atoms with Gasteiger partial charge in [-0.05, 0) is 42.8 Å². The predicted molar refractivity (Wildman–Crippen MR) is 94.5 cm³/mol. The first-order valence-electron chi connectivity index (χ1n) is 6.66. The second-order valence-corrected chi connectivity index (χ2v) is 6.08. The number of benzene rings is 2. The summed E-state index contributed by atoms with van der Waals surface area (Å²) < 4.78 is 0. The zero-order valence-corrected chi connectivity index (χ0v) is 14.4. The SMILES string of the molecule is Cc1cc(Cl)ccc1NC(=O)CC(=O)Nc1c(Cl)cccc1Cl. The van der Waals surface area contributed by atoms with Gasteiger partial charge in [-0.15, -0.1) is 0 Å². The molecule has 120 valence electrons. The van der Waals surface area contributed by atoms with E-state index in [2.05, 4.69) is 10.6 Å². The lowest BCUT2D eigenvalue weighted by molar-refractivity contribution is -0.123. The molecule has 0 saturated heterocycles. The van der Waals surface area contributed by atoms with Gasteiger partial charge in [0.2, 0.25) is 11.8 Å². The van der Waals surface area contributed by atoms with Crippen LogP contribution in [0, 0.1) is 6.92 Å². The summed E-state index contributed by atoms with van der Waals surface area (Å²) in [4.78, 5) is 23.9. The summed E-state index contributed by atoms with van der Waals surface area (Å²) >= 11 is 17.8. The van der Waals surface area contributed by atoms with E-state index in [1.165, 1.54) is 0 Å². The van der Waals surface area contributed by atoms with Crippen molar-refractivity contribution in [2.24, 2.45) is 0 Å². The van der Waals surface area contributed by atoms with Gasteiger partial charge < -0.3 is 10.6 Å². The third kappa shape index (κ3) is 4.86. The Kier molecular flexibility index (Phi) is 5.88. The van der Waals surface area contributed by atoms with Crippen LogP contribution in [0.15, 0.2) is 36.4 Å². The standard InChI is InChI=1S/C16H13Cl3N2O2/c1-9-7-10(17)5-6-13(9)20-14(22)8-15(23)21-16-11(18)3-2-4-12(16)19/h2-7H,8H2,1H3,(H,20,22)(H,21,23). The largest absolute Gasteiger partial charge is 0.325 e. The van der Waals surface area contributed by atoms with Gasteiger partial charge in [-0.1, -0.05) is 40.9 Å². The molecule has 0 spiro atoms. The van der Waals surface area contributed by atoms with Gasteiger partial charge in [0, 0.05) is 10.7 Å². The molecule has 7 heteroatoms. The molecule has 0 radical (unpaired) electrons. The highest BCUT2D eigenvalue weighted by molar-refractivity contribution is 6.39. The van der Waals surface area contributed by atoms with Crippen LogP contribution < -0.4 is 10.6 Å². The summed E-state index contributed by atoms with van der Waals surface area (Å²) in [5, 5.41) is 6.38. The molecule has 2 amide bonds. The maximum Gasteiger partial charge on any atom is 0.233 e. The molecule has 2 aromatic carbocycles. The Morgan fingerprint density at radius 3 is 2.17 bits per heavy atom. The molecule has 23 heavy (non-hydrogen) atoms. The predicted octanol–water partition coefficient (Wildman–Crippen LogP) is 4.92. The minimum atomic E-state index is -0.510. The van der Waals surface area contributed by atoms with Gasteiger partial charge in [0.15, 0.2) is 0 Å². The minimum absolute atomic E-state index is 0.288. The Morgan fingerprint density at radius 2 is 1.57 bits per heavy atom. The van der Waals surface area contributed by atoms with E-state index in [0.717, 1.165) is 5.56 Å². The lowest BCUT2D eigenvalue weighted by Gasteiger charge is -2.10. The van der Waals surface area contributed by atoms with Crippen molar-refractivity contribution in [3.05, 3.63) is 57.0 Å². The van der Waals surface area contributed by atoms with Crippen LogP contribution in [-0.2, 0) is 9.59 Å². The van der Waals surface area contributed by atoms with E-state index in [1.54, 1.807) is 36.4 Å². The molecule has 0 aromatic heterocycles. The summed E-state index contributed by atoms with van der Waals surface area (Å²) in [6, 6.07) is 9.92. The van der Waals surface area contributed by atoms with E-state index in [1.807, 2.05) is 6.92 Å². The van der Waals surface area contributed by atoms with Gasteiger partial charge >= 0.3 is 0 Å². The van der Waals surface area contributed by atoms with Gasteiger partial charge in [0.05, 0.1) is 15.7 Å². The second kappa shape index (κ2) is 7.68. The molecular formula is C16H13Cl3N2O2. The van der Waals surface area contributed by atoms with Crippen LogP contribution in [0.4, 0.5) is 11.4 Å². The lowest BCUT2D eigenvalue weighted by atomic mass is 10.2. The molecule has 0 aliphatic rings. The molecular weight excluding hydrogens is 359 g/mol. The highest BCUT2D eigenvalue weighted by Crippen LogP contribution is 2.29. The molecule has 0 unspecified atom stereocenters. The minimum Gasteiger partial charge on any atom is -0.325 e. The highest BCUT2D eigenvalue weighted by Gasteiger charge is 2.14. The molecule has 0 aliphatic heterocycles. The average Bonchev–Trinajstić information content (AvgIpc) is 2.46. The Hall–Kier alpha value is -1.75. The van der Waals surface area contributed by atoms with Gasteiger partial charge in [-0.3, -0.25) is 9.59 Å². The van der Waals surface area contributed by atoms with E-state index < -0.39 is 11.8 Å². The number of rotatable bonds is 4. The van der Waals surface area contributed by atoms with E-state index in [4.69, 9.17) is 34.8 Å².